The molecule has 1 aromatic rings. The second-order valence-corrected chi connectivity index (χ2v) is 5.26. The Morgan fingerprint density at radius 1 is 1.47 bits per heavy atom. The fourth-order valence-electron chi connectivity index (χ4n) is 1.48. The average molecular weight is 256 g/mol. The van der Waals surface area contributed by atoms with E-state index in [2.05, 4.69) is 10.6 Å². The van der Waals surface area contributed by atoms with Crippen LogP contribution in [-0.4, -0.2) is 23.8 Å². The van der Waals surface area contributed by atoms with Crippen LogP contribution in [-0.2, 0) is 6.54 Å². The number of hydrogen-bond acceptors (Lipinski definition) is 3. The van der Waals surface area contributed by atoms with E-state index in [0.29, 0.717) is 25.4 Å². The molecule has 0 spiro atoms. The van der Waals surface area contributed by atoms with Gasteiger partial charge in [-0.05, 0) is 34.7 Å². The van der Waals surface area contributed by atoms with Crippen molar-refractivity contribution in [1.29, 1.82) is 0 Å². The third kappa shape index (κ3) is 6.28. The minimum atomic E-state index is -0.470. The summed E-state index contributed by atoms with van der Waals surface area (Å²) in [6.45, 7) is 4.91. The number of nitrogens with one attached hydrogen (secondary N) is 2. The molecule has 0 saturated carbocycles. The Kier molecular flexibility index (Phi) is 6.00. The lowest BCUT2D eigenvalue weighted by Crippen LogP contribution is -2.39. The Labute approximate surface area is 106 Å². The Balaban J connectivity index is 2.13. The van der Waals surface area contributed by atoms with Gasteiger partial charge in [-0.25, -0.2) is 4.79 Å². The lowest BCUT2D eigenvalue weighted by molar-refractivity contribution is 0.147. The van der Waals surface area contributed by atoms with E-state index in [4.69, 9.17) is 0 Å². The molecule has 0 saturated heterocycles. The van der Waals surface area contributed by atoms with Gasteiger partial charge in [-0.3, -0.25) is 0 Å². The van der Waals surface area contributed by atoms with E-state index in [-0.39, 0.29) is 6.03 Å². The van der Waals surface area contributed by atoms with Crippen LogP contribution in [0.3, 0.4) is 0 Å². The summed E-state index contributed by atoms with van der Waals surface area (Å²) >= 11 is 1.60. The lowest BCUT2D eigenvalue weighted by atomic mass is 10.1. The van der Waals surface area contributed by atoms with Crippen molar-refractivity contribution in [2.45, 2.75) is 32.9 Å². The molecule has 1 aromatic heterocycles. The maximum atomic E-state index is 11.4. The van der Waals surface area contributed by atoms with Gasteiger partial charge in [-0.2, -0.15) is 11.3 Å². The maximum absolute atomic E-state index is 11.4. The first-order valence-corrected chi connectivity index (χ1v) is 6.73. The van der Waals surface area contributed by atoms with Crippen LogP contribution in [0.1, 0.15) is 25.8 Å². The van der Waals surface area contributed by atoms with Crippen molar-refractivity contribution in [2.24, 2.45) is 5.92 Å². The molecule has 2 amide bonds. The zero-order valence-corrected chi connectivity index (χ0v) is 11.1. The number of urea groups is 1. The molecule has 0 fully saturated rings. The van der Waals surface area contributed by atoms with E-state index in [1.807, 2.05) is 30.7 Å². The summed E-state index contributed by atoms with van der Waals surface area (Å²) in [4.78, 5) is 11.4. The first-order valence-electron chi connectivity index (χ1n) is 5.78. The minimum absolute atomic E-state index is 0.237. The SMILES string of the molecule is CC(C)CC(O)CNC(=O)NCc1ccsc1. The van der Waals surface area contributed by atoms with Gasteiger partial charge in [0.05, 0.1) is 6.10 Å². The van der Waals surface area contributed by atoms with Gasteiger partial charge in [0.25, 0.3) is 0 Å². The Hall–Kier alpha value is -1.07. The molecular weight excluding hydrogens is 236 g/mol. The van der Waals surface area contributed by atoms with Crippen molar-refractivity contribution in [3.63, 3.8) is 0 Å². The van der Waals surface area contributed by atoms with Crippen LogP contribution in [0.2, 0.25) is 0 Å². The number of carbonyl (C=O) groups excluding carboxylic acids is 1. The summed E-state index contributed by atoms with van der Waals surface area (Å²) in [5.74, 6) is 0.431. The fourth-order valence-corrected chi connectivity index (χ4v) is 2.14. The molecule has 0 radical (unpaired) electrons. The van der Waals surface area contributed by atoms with Gasteiger partial charge < -0.3 is 15.7 Å². The summed E-state index contributed by atoms with van der Waals surface area (Å²) in [5.41, 5.74) is 1.09. The monoisotopic (exact) mass is 256 g/mol. The second-order valence-electron chi connectivity index (χ2n) is 4.48. The topological polar surface area (TPSA) is 61.4 Å². The third-order valence-electron chi connectivity index (χ3n) is 2.27. The molecule has 17 heavy (non-hydrogen) atoms. The van der Waals surface area contributed by atoms with Crippen LogP contribution in [0.5, 0.6) is 0 Å². The largest absolute Gasteiger partial charge is 0.391 e. The molecule has 0 aliphatic carbocycles. The van der Waals surface area contributed by atoms with Crippen LogP contribution in [0.4, 0.5) is 4.79 Å². The van der Waals surface area contributed by atoms with Crippen molar-refractivity contribution in [1.82, 2.24) is 10.6 Å². The van der Waals surface area contributed by atoms with E-state index in [1.165, 1.54) is 0 Å². The standard InChI is InChI=1S/C12H20N2O2S/c1-9(2)5-11(15)7-14-12(16)13-6-10-3-4-17-8-10/h3-4,8-9,11,15H,5-7H2,1-2H3,(H2,13,14,16). The highest BCUT2D eigenvalue weighted by molar-refractivity contribution is 7.07. The number of aliphatic hydroxyl groups excluding tert-OH is 1. The van der Waals surface area contributed by atoms with Gasteiger partial charge in [0.1, 0.15) is 0 Å². The highest BCUT2D eigenvalue weighted by Gasteiger charge is 2.08. The van der Waals surface area contributed by atoms with Crippen molar-refractivity contribution in [2.75, 3.05) is 6.54 Å². The number of amides is 2. The van der Waals surface area contributed by atoms with Crippen molar-refractivity contribution < 1.29 is 9.90 Å². The number of thiophene rings is 1. The molecule has 0 aliphatic rings. The number of rotatable bonds is 6. The predicted molar refractivity (Wildman–Crippen MR) is 70.0 cm³/mol. The molecule has 5 heteroatoms. The van der Waals surface area contributed by atoms with Crippen molar-refractivity contribution >= 4 is 17.4 Å². The van der Waals surface area contributed by atoms with Crippen LogP contribution in [0.15, 0.2) is 16.8 Å². The predicted octanol–water partition coefficient (Wildman–Crippen LogP) is 1.95. The van der Waals surface area contributed by atoms with Crippen LogP contribution in [0.25, 0.3) is 0 Å². The first-order chi connectivity index (χ1) is 8.08. The van der Waals surface area contributed by atoms with E-state index in [1.54, 1.807) is 11.3 Å². The number of carbonyl (C=O) groups is 1. The molecular formula is C12H20N2O2S. The first kappa shape index (κ1) is 14.0. The normalized spacial score (nSPS) is 12.5. The Morgan fingerprint density at radius 2 is 2.24 bits per heavy atom. The molecule has 96 valence electrons. The molecule has 1 rings (SSSR count). The number of aliphatic hydroxyl groups is 1. The zero-order chi connectivity index (χ0) is 12.7. The van der Waals surface area contributed by atoms with Crippen LogP contribution in [0, 0.1) is 5.92 Å². The van der Waals surface area contributed by atoms with E-state index in [0.717, 1.165) is 5.56 Å². The summed E-state index contributed by atoms with van der Waals surface area (Å²) in [6.07, 6.45) is 0.229. The average Bonchev–Trinajstić information content (AvgIpc) is 2.75. The summed E-state index contributed by atoms with van der Waals surface area (Å²) in [6, 6.07) is 1.73. The summed E-state index contributed by atoms with van der Waals surface area (Å²) in [7, 11) is 0. The van der Waals surface area contributed by atoms with Gasteiger partial charge in [0.2, 0.25) is 0 Å². The molecule has 0 aliphatic heterocycles. The molecule has 0 aromatic carbocycles. The molecule has 1 heterocycles. The number of hydrogen-bond donors (Lipinski definition) is 3. The molecule has 3 N–H and O–H groups in total. The minimum Gasteiger partial charge on any atom is -0.391 e. The molecule has 1 unspecified atom stereocenters. The molecule has 4 nitrogen and oxygen atoms in total. The lowest BCUT2D eigenvalue weighted by Gasteiger charge is -2.14. The van der Waals surface area contributed by atoms with E-state index in [9.17, 15) is 9.90 Å². The summed E-state index contributed by atoms with van der Waals surface area (Å²) < 4.78 is 0. The van der Waals surface area contributed by atoms with E-state index >= 15 is 0 Å². The fraction of sp³-hybridized carbons (Fsp3) is 0.583. The maximum Gasteiger partial charge on any atom is 0.315 e. The Morgan fingerprint density at radius 3 is 2.82 bits per heavy atom. The Bertz CT molecular complexity index is 325. The van der Waals surface area contributed by atoms with Gasteiger partial charge in [-0.15, -0.1) is 0 Å². The van der Waals surface area contributed by atoms with Crippen LogP contribution < -0.4 is 10.6 Å². The highest BCUT2D eigenvalue weighted by Crippen LogP contribution is 2.05. The van der Waals surface area contributed by atoms with Gasteiger partial charge in [0, 0.05) is 13.1 Å². The quantitative estimate of drug-likeness (QED) is 0.728. The summed E-state index contributed by atoms with van der Waals surface area (Å²) in [5, 5.41) is 18.9. The van der Waals surface area contributed by atoms with Crippen molar-refractivity contribution in [3.05, 3.63) is 22.4 Å². The third-order valence-corrected chi connectivity index (χ3v) is 3.01. The van der Waals surface area contributed by atoms with E-state index < -0.39 is 6.10 Å². The van der Waals surface area contributed by atoms with Gasteiger partial charge in [0.15, 0.2) is 0 Å². The zero-order valence-electron chi connectivity index (χ0n) is 10.3. The second kappa shape index (κ2) is 7.29. The van der Waals surface area contributed by atoms with Gasteiger partial charge >= 0.3 is 6.03 Å². The highest BCUT2D eigenvalue weighted by atomic mass is 32.1. The van der Waals surface area contributed by atoms with Crippen molar-refractivity contribution in [3.8, 4) is 0 Å². The smallest absolute Gasteiger partial charge is 0.315 e. The van der Waals surface area contributed by atoms with Gasteiger partial charge in [-0.1, -0.05) is 13.8 Å². The van der Waals surface area contributed by atoms with Crippen LogP contribution >= 0.6 is 11.3 Å². The molecule has 0 bridgehead atoms. The molecule has 1 atom stereocenters.